The summed E-state index contributed by atoms with van der Waals surface area (Å²) in [5, 5.41) is 67.0. The van der Waals surface area contributed by atoms with Crippen LogP contribution in [0.2, 0.25) is 0 Å². The van der Waals surface area contributed by atoms with Crippen molar-refractivity contribution in [3.8, 4) is 23.4 Å². The van der Waals surface area contributed by atoms with Crippen LogP contribution >= 0.6 is 21.7 Å². The van der Waals surface area contributed by atoms with Gasteiger partial charge in [-0.25, -0.2) is 9.36 Å². The molecule has 0 radical (unpaired) electrons. The third-order valence-electron chi connectivity index (χ3n) is 9.06. The van der Waals surface area contributed by atoms with E-state index in [9.17, 15) is 57.5 Å². The summed E-state index contributed by atoms with van der Waals surface area (Å²) < 4.78 is 60.2. The van der Waals surface area contributed by atoms with E-state index in [0.717, 1.165) is 4.57 Å². The normalized spacial score (nSPS) is 12.8. The van der Waals surface area contributed by atoms with Crippen LogP contribution in [0.4, 0.5) is 34.1 Å². The molecule has 2 aromatic heterocycles. The molecule has 0 unspecified atom stereocenters. The van der Waals surface area contributed by atoms with Gasteiger partial charge in [0.2, 0.25) is 5.88 Å². The van der Waals surface area contributed by atoms with Crippen molar-refractivity contribution in [2.24, 2.45) is 30.7 Å². The molecule has 22 heteroatoms. The first-order chi connectivity index (χ1) is 29.0. The summed E-state index contributed by atoms with van der Waals surface area (Å²) in [6.07, 6.45) is 1.47. The standard InChI is InChI=1S/C39H29N9O11S2/c1-20-29(19-40)37(50)48(25-10-5-21(6-11-25)39(52)53)38(51)33(20)46-43-24-7-4-22-17-32(61(57,58)59)35(36(49)28(22)18-24)47-45-31-15-14-30(27-3-2-16-41-34(27)31)44-42-23-8-12-26(13-9-23)60(54,55)56/h2-18,49-50,54-59H,1H3,(H,52,53). The van der Waals surface area contributed by atoms with Crippen LogP contribution in [0.15, 0.2) is 149 Å². The summed E-state index contributed by atoms with van der Waals surface area (Å²) in [5.41, 5.74) is -0.963. The van der Waals surface area contributed by atoms with Crippen LogP contribution in [-0.4, -0.2) is 58.2 Å². The largest absolute Gasteiger partial charge is 0.505 e. The van der Waals surface area contributed by atoms with E-state index in [2.05, 4.69) is 35.7 Å². The first kappa shape index (κ1) is 41.7. The van der Waals surface area contributed by atoms with Crippen molar-refractivity contribution in [3.63, 3.8) is 0 Å². The zero-order chi connectivity index (χ0) is 43.8. The highest BCUT2D eigenvalue weighted by Crippen LogP contribution is 2.54. The average molecular weight is 864 g/mol. The number of nitriles is 1. The predicted octanol–water partition coefficient (Wildman–Crippen LogP) is 11.2. The van der Waals surface area contributed by atoms with Crippen molar-refractivity contribution < 1.29 is 47.4 Å². The Morgan fingerprint density at radius 2 is 1.36 bits per heavy atom. The van der Waals surface area contributed by atoms with Crippen LogP contribution in [0.25, 0.3) is 27.4 Å². The van der Waals surface area contributed by atoms with Gasteiger partial charge in [-0.2, -0.15) is 15.5 Å². The van der Waals surface area contributed by atoms with Gasteiger partial charge in [0.1, 0.15) is 44.7 Å². The van der Waals surface area contributed by atoms with Gasteiger partial charge >= 0.3 is 5.97 Å². The van der Waals surface area contributed by atoms with Gasteiger partial charge in [-0.05, 0) is 103 Å². The van der Waals surface area contributed by atoms with Crippen LogP contribution in [0.5, 0.6) is 11.6 Å². The van der Waals surface area contributed by atoms with Gasteiger partial charge in [-0.1, -0.05) is 6.07 Å². The number of aromatic carboxylic acids is 1. The van der Waals surface area contributed by atoms with Crippen LogP contribution in [0.3, 0.4) is 0 Å². The van der Waals surface area contributed by atoms with Gasteiger partial charge in [0.25, 0.3) is 5.56 Å². The number of carboxylic acids is 1. The van der Waals surface area contributed by atoms with E-state index in [-0.39, 0.29) is 60.6 Å². The smallest absolute Gasteiger partial charge is 0.335 e. The molecule has 5 aromatic carbocycles. The number of hydrogen-bond donors (Lipinski definition) is 9. The van der Waals surface area contributed by atoms with Gasteiger partial charge in [0.15, 0.2) is 11.4 Å². The Morgan fingerprint density at radius 1 is 0.721 bits per heavy atom. The highest BCUT2D eigenvalue weighted by Gasteiger charge is 2.26. The van der Waals surface area contributed by atoms with Crippen LogP contribution < -0.4 is 5.56 Å². The van der Waals surface area contributed by atoms with Crippen molar-refractivity contribution in [2.45, 2.75) is 16.7 Å². The number of hydrogen-bond acceptors (Lipinski definition) is 18. The van der Waals surface area contributed by atoms with E-state index in [1.807, 2.05) is 6.07 Å². The number of benzene rings is 5. The van der Waals surface area contributed by atoms with Gasteiger partial charge < -0.3 is 42.6 Å². The molecule has 0 aliphatic carbocycles. The van der Waals surface area contributed by atoms with Crippen molar-refractivity contribution in [1.29, 1.82) is 5.26 Å². The topological polar surface area (TPSA) is 332 Å². The van der Waals surface area contributed by atoms with Gasteiger partial charge in [-0.15, -0.1) is 20.5 Å². The molecule has 7 aromatic rings. The van der Waals surface area contributed by atoms with E-state index in [0.29, 0.717) is 16.8 Å². The number of aromatic nitrogens is 2. The molecular weight excluding hydrogens is 835 g/mol. The highest BCUT2D eigenvalue weighted by molar-refractivity contribution is 8.19. The Labute approximate surface area is 345 Å². The average Bonchev–Trinajstić information content (AvgIpc) is 3.22. The number of nitrogens with zero attached hydrogens (tertiary/aromatic N) is 9. The van der Waals surface area contributed by atoms with Gasteiger partial charge in [0, 0.05) is 22.5 Å². The van der Waals surface area contributed by atoms with E-state index >= 15 is 0 Å². The maximum Gasteiger partial charge on any atom is 0.335 e. The lowest BCUT2D eigenvalue weighted by Gasteiger charge is -2.22. The summed E-state index contributed by atoms with van der Waals surface area (Å²) >= 11 is 0. The van der Waals surface area contributed by atoms with Crippen LogP contribution in [0.1, 0.15) is 21.5 Å². The fraction of sp³-hybridized carbons (Fsp3) is 0.0256. The highest BCUT2D eigenvalue weighted by atomic mass is 32.3. The van der Waals surface area contributed by atoms with E-state index in [4.69, 9.17) is 0 Å². The fourth-order valence-corrected chi connectivity index (χ4v) is 7.21. The predicted molar refractivity (Wildman–Crippen MR) is 224 cm³/mol. The molecule has 0 saturated carbocycles. The summed E-state index contributed by atoms with van der Waals surface area (Å²) in [7, 11) is -8.41. The Morgan fingerprint density at radius 3 is 2.02 bits per heavy atom. The molecule has 308 valence electrons. The lowest BCUT2D eigenvalue weighted by Crippen LogP contribution is -2.20. The molecule has 9 N–H and O–H groups in total. The van der Waals surface area contributed by atoms with E-state index in [1.54, 1.807) is 12.1 Å². The number of phenols is 1. The molecule has 0 bridgehead atoms. The Kier molecular flexibility index (Phi) is 11.1. The lowest BCUT2D eigenvalue weighted by atomic mass is 10.1. The summed E-state index contributed by atoms with van der Waals surface area (Å²) in [5.74, 6) is -2.57. The molecule has 0 saturated heterocycles. The maximum absolute atomic E-state index is 13.6. The maximum atomic E-state index is 13.6. The second-order valence-corrected chi connectivity index (χ2v) is 15.9. The lowest BCUT2D eigenvalue weighted by molar-refractivity contribution is 0.0696. The molecule has 0 atom stereocenters. The third-order valence-corrected chi connectivity index (χ3v) is 10.9. The van der Waals surface area contributed by atoms with Gasteiger partial charge in [0.05, 0.1) is 43.6 Å². The summed E-state index contributed by atoms with van der Waals surface area (Å²) in [6.45, 7) is 1.38. The number of fused-ring (bicyclic) bond motifs is 2. The van der Waals surface area contributed by atoms with E-state index in [1.165, 1.54) is 98.0 Å². The fourth-order valence-electron chi connectivity index (χ4n) is 6.03. The molecule has 0 spiro atoms. The van der Waals surface area contributed by atoms with Gasteiger partial charge in [-0.3, -0.25) is 9.78 Å². The SMILES string of the molecule is Cc1c(C#N)c(O)n(-c2ccc(C(=O)O)cc2)c(=O)c1N=Nc1ccc2cc(S(O)(O)O)c(N=Nc3ccc(N=Nc4ccc(S(O)(O)O)cc4)c4cccnc34)c(O)c2c1. The van der Waals surface area contributed by atoms with Crippen LogP contribution in [-0.2, 0) is 0 Å². The second-order valence-electron chi connectivity index (χ2n) is 12.9. The first-order valence-corrected chi connectivity index (χ1v) is 20.2. The molecule has 0 amide bonds. The summed E-state index contributed by atoms with van der Waals surface area (Å²) in [4.78, 5) is 28.7. The van der Waals surface area contributed by atoms with Crippen LogP contribution in [0, 0.1) is 18.3 Å². The Bertz CT molecular complexity index is 3100. The third kappa shape index (κ3) is 8.38. The molecule has 0 aliphatic rings. The number of azo groups is 3. The first-order valence-electron chi connectivity index (χ1n) is 17.2. The second kappa shape index (κ2) is 16.3. The molecule has 61 heavy (non-hydrogen) atoms. The van der Waals surface area contributed by atoms with Crippen molar-refractivity contribution in [3.05, 3.63) is 130 Å². The minimum Gasteiger partial charge on any atom is -0.505 e. The minimum atomic E-state index is -4.51. The molecule has 0 aliphatic heterocycles. The molecule has 2 heterocycles. The number of aromatic hydroxyl groups is 2. The molecule has 7 rings (SSSR count). The number of carboxylic acid groups (broad SMARTS) is 1. The molecule has 20 nitrogen and oxygen atoms in total. The Hall–Kier alpha value is -7.46. The van der Waals surface area contributed by atoms with E-state index < -0.39 is 55.5 Å². The van der Waals surface area contributed by atoms with Crippen molar-refractivity contribution >= 4 is 83.5 Å². The monoisotopic (exact) mass is 863 g/mol. The zero-order valence-corrected chi connectivity index (χ0v) is 32.6. The number of rotatable bonds is 10. The van der Waals surface area contributed by atoms with Crippen molar-refractivity contribution in [1.82, 2.24) is 9.55 Å². The summed E-state index contributed by atoms with van der Waals surface area (Å²) in [6, 6.07) is 23.8. The number of pyridine rings is 2. The molecule has 0 fully saturated rings. The Balaban J connectivity index is 1.26. The van der Waals surface area contributed by atoms with Crippen molar-refractivity contribution in [2.75, 3.05) is 0 Å². The number of phenolic OH excluding ortho intramolecular Hbond substituents is 1. The quantitative estimate of drug-likeness (QED) is 0.0578. The minimum absolute atomic E-state index is 0.00783. The molecular formula is C39H29N9O11S2. The zero-order valence-electron chi connectivity index (χ0n) is 31.0. The number of carbonyl (C=O) groups is 1.